The Morgan fingerprint density at radius 1 is 0.950 bits per heavy atom. The van der Waals surface area contributed by atoms with Crippen molar-refractivity contribution < 1.29 is 14.3 Å². The third kappa shape index (κ3) is 4.87. The number of benzene rings is 1. The van der Waals surface area contributed by atoms with Crippen LogP contribution in [-0.2, 0) is 6.42 Å². The fourth-order valence-corrected chi connectivity index (χ4v) is 2.37. The van der Waals surface area contributed by atoms with Crippen molar-refractivity contribution in [2.24, 2.45) is 0 Å². The zero-order valence-corrected chi connectivity index (χ0v) is 12.9. The minimum absolute atomic E-state index is 0.538. The largest absolute Gasteiger partial charge is 0.496 e. The highest BCUT2D eigenvalue weighted by molar-refractivity contribution is 5.80. The lowest BCUT2D eigenvalue weighted by molar-refractivity contribution is 0.112. The van der Waals surface area contributed by atoms with Gasteiger partial charge in [-0.1, -0.05) is 39.0 Å². The standard InChI is InChI=1S/C17H26O3/c1-4-5-6-7-8-9-10-14-11-17(20-3)15(13-18)12-16(14)19-2/h11-13H,4-10H2,1-3H3. The van der Waals surface area contributed by atoms with E-state index in [1.54, 1.807) is 20.3 Å². The van der Waals surface area contributed by atoms with Gasteiger partial charge in [0.2, 0.25) is 0 Å². The van der Waals surface area contributed by atoms with E-state index in [2.05, 4.69) is 6.92 Å². The van der Waals surface area contributed by atoms with Gasteiger partial charge in [0.1, 0.15) is 11.5 Å². The third-order valence-corrected chi connectivity index (χ3v) is 3.56. The first-order valence-corrected chi connectivity index (χ1v) is 7.46. The Morgan fingerprint density at radius 2 is 1.60 bits per heavy atom. The van der Waals surface area contributed by atoms with E-state index in [0.717, 1.165) is 30.4 Å². The smallest absolute Gasteiger partial charge is 0.153 e. The Morgan fingerprint density at radius 3 is 2.20 bits per heavy atom. The Labute approximate surface area is 122 Å². The molecule has 0 saturated heterocycles. The van der Waals surface area contributed by atoms with E-state index in [9.17, 15) is 4.79 Å². The molecule has 0 heterocycles. The van der Waals surface area contributed by atoms with Gasteiger partial charge >= 0.3 is 0 Å². The lowest BCUT2D eigenvalue weighted by Gasteiger charge is -2.12. The van der Waals surface area contributed by atoms with Crippen molar-refractivity contribution >= 4 is 6.29 Å². The molecule has 1 rings (SSSR count). The second kappa shape index (κ2) is 9.40. The first-order valence-electron chi connectivity index (χ1n) is 7.46. The molecule has 112 valence electrons. The van der Waals surface area contributed by atoms with Crippen LogP contribution in [0.5, 0.6) is 11.5 Å². The molecule has 20 heavy (non-hydrogen) atoms. The van der Waals surface area contributed by atoms with Crippen molar-refractivity contribution in [3.05, 3.63) is 23.3 Å². The predicted octanol–water partition coefficient (Wildman–Crippen LogP) is 4.42. The molecular formula is C17H26O3. The van der Waals surface area contributed by atoms with E-state index in [0.29, 0.717) is 11.3 Å². The first kappa shape index (κ1) is 16.5. The zero-order chi connectivity index (χ0) is 14.8. The van der Waals surface area contributed by atoms with E-state index >= 15 is 0 Å². The van der Waals surface area contributed by atoms with Gasteiger partial charge in [0.15, 0.2) is 6.29 Å². The molecular weight excluding hydrogens is 252 g/mol. The van der Waals surface area contributed by atoms with Crippen molar-refractivity contribution in [3.8, 4) is 11.5 Å². The number of aldehydes is 1. The van der Waals surface area contributed by atoms with Crippen molar-refractivity contribution in [2.45, 2.75) is 51.9 Å². The van der Waals surface area contributed by atoms with Crippen LogP contribution in [0.25, 0.3) is 0 Å². The van der Waals surface area contributed by atoms with E-state index in [1.807, 2.05) is 6.07 Å². The first-order chi connectivity index (χ1) is 9.76. The summed E-state index contributed by atoms with van der Waals surface area (Å²) < 4.78 is 10.6. The van der Waals surface area contributed by atoms with Crippen LogP contribution in [0.15, 0.2) is 12.1 Å². The van der Waals surface area contributed by atoms with Crippen LogP contribution < -0.4 is 9.47 Å². The number of carbonyl (C=O) groups is 1. The minimum Gasteiger partial charge on any atom is -0.496 e. The molecule has 0 aliphatic carbocycles. The van der Waals surface area contributed by atoms with Crippen LogP contribution >= 0.6 is 0 Å². The molecule has 3 nitrogen and oxygen atoms in total. The van der Waals surface area contributed by atoms with Crippen molar-refractivity contribution in [1.82, 2.24) is 0 Å². The summed E-state index contributed by atoms with van der Waals surface area (Å²) in [5, 5.41) is 0. The summed E-state index contributed by atoms with van der Waals surface area (Å²) in [5.74, 6) is 1.41. The molecule has 0 saturated carbocycles. The lowest BCUT2D eigenvalue weighted by Crippen LogP contribution is -1.98. The van der Waals surface area contributed by atoms with Crippen molar-refractivity contribution in [1.29, 1.82) is 0 Å². The highest BCUT2D eigenvalue weighted by atomic mass is 16.5. The quantitative estimate of drug-likeness (QED) is 0.469. The number of hydrogen-bond acceptors (Lipinski definition) is 3. The molecule has 0 atom stereocenters. The van der Waals surface area contributed by atoms with Gasteiger partial charge in [-0.2, -0.15) is 0 Å². The molecule has 0 radical (unpaired) electrons. The molecule has 3 heteroatoms. The topological polar surface area (TPSA) is 35.5 Å². The van der Waals surface area contributed by atoms with E-state index in [-0.39, 0.29) is 0 Å². The fourth-order valence-electron chi connectivity index (χ4n) is 2.37. The summed E-state index contributed by atoms with van der Waals surface area (Å²) in [5.41, 5.74) is 1.65. The number of ether oxygens (including phenoxy) is 2. The van der Waals surface area contributed by atoms with E-state index in [4.69, 9.17) is 9.47 Å². The van der Waals surface area contributed by atoms with Crippen LogP contribution in [0.3, 0.4) is 0 Å². The maximum absolute atomic E-state index is 11.0. The van der Waals surface area contributed by atoms with E-state index < -0.39 is 0 Å². The summed E-state index contributed by atoms with van der Waals surface area (Å²) in [7, 11) is 3.23. The Bertz CT molecular complexity index is 413. The minimum atomic E-state index is 0.538. The molecule has 0 amide bonds. The van der Waals surface area contributed by atoms with Crippen LogP contribution in [0.2, 0.25) is 0 Å². The molecule has 0 aromatic heterocycles. The fraction of sp³-hybridized carbons (Fsp3) is 0.588. The third-order valence-electron chi connectivity index (χ3n) is 3.56. The van der Waals surface area contributed by atoms with Crippen LogP contribution in [-0.4, -0.2) is 20.5 Å². The van der Waals surface area contributed by atoms with Gasteiger partial charge in [-0.15, -0.1) is 0 Å². The van der Waals surface area contributed by atoms with Gasteiger partial charge in [-0.05, 0) is 30.5 Å². The monoisotopic (exact) mass is 278 g/mol. The molecule has 0 unspecified atom stereocenters. The van der Waals surface area contributed by atoms with Gasteiger partial charge < -0.3 is 9.47 Å². The number of hydrogen-bond donors (Lipinski definition) is 0. The maximum Gasteiger partial charge on any atom is 0.153 e. The number of carbonyl (C=O) groups excluding carboxylic acids is 1. The summed E-state index contributed by atoms with van der Waals surface area (Å²) in [6, 6.07) is 3.69. The molecule has 0 aliphatic heterocycles. The number of rotatable bonds is 10. The molecule has 1 aromatic rings. The molecule has 0 aliphatic rings. The molecule has 0 spiro atoms. The van der Waals surface area contributed by atoms with E-state index in [1.165, 1.54) is 32.1 Å². The highest BCUT2D eigenvalue weighted by Crippen LogP contribution is 2.29. The molecule has 0 bridgehead atoms. The maximum atomic E-state index is 11.0. The SMILES string of the molecule is CCCCCCCCc1cc(OC)c(C=O)cc1OC. The zero-order valence-electron chi connectivity index (χ0n) is 12.9. The van der Waals surface area contributed by atoms with Crippen LogP contribution in [0.1, 0.15) is 61.4 Å². The molecule has 0 fully saturated rings. The number of methoxy groups -OCH3 is 2. The normalized spacial score (nSPS) is 10.3. The molecule has 1 aromatic carbocycles. The van der Waals surface area contributed by atoms with Crippen molar-refractivity contribution in [3.63, 3.8) is 0 Å². The van der Waals surface area contributed by atoms with Crippen molar-refractivity contribution in [2.75, 3.05) is 14.2 Å². The van der Waals surface area contributed by atoms with Gasteiger partial charge in [-0.3, -0.25) is 4.79 Å². The Hall–Kier alpha value is -1.51. The average Bonchev–Trinajstić information content (AvgIpc) is 2.49. The highest BCUT2D eigenvalue weighted by Gasteiger charge is 2.10. The lowest BCUT2D eigenvalue weighted by atomic mass is 10.0. The van der Waals surface area contributed by atoms with Gasteiger partial charge in [0.25, 0.3) is 0 Å². The Balaban J connectivity index is 2.61. The average molecular weight is 278 g/mol. The predicted molar refractivity (Wildman–Crippen MR) is 82.0 cm³/mol. The second-order valence-corrected chi connectivity index (χ2v) is 5.04. The van der Waals surface area contributed by atoms with Crippen LogP contribution in [0, 0.1) is 0 Å². The summed E-state index contributed by atoms with van der Waals surface area (Å²) in [6.45, 7) is 2.23. The molecule has 0 N–H and O–H groups in total. The van der Waals surface area contributed by atoms with Gasteiger partial charge in [0.05, 0.1) is 19.8 Å². The summed E-state index contributed by atoms with van der Waals surface area (Å²) in [6.07, 6.45) is 9.36. The number of aryl methyl sites for hydroxylation is 1. The summed E-state index contributed by atoms with van der Waals surface area (Å²) >= 11 is 0. The summed E-state index contributed by atoms with van der Waals surface area (Å²) in [4.78, 5) is 11.0. The number of unbranched alkanes of at least 4 members (excludes halogenated alkanes) is 5. The second-order valence-electron chi connectivity index (χ2n) is 5.04. The van der Waals surface area contributed by atoms with Crippen LogP contribution in [0.4, 0.5) is 0 Å². The Kier molecular flexibility index (Phi) is 7.78. The van der Waals surface area contributed by atoms with Gasteiger partial charge in [0, 0.05) is 0 Å². The van der Waals surface area contributed by atoms with Gasteiger partial charge in [-0.25, -0.2) is 0 Å².